The van der Waals surface area contributed by atoms with Gasteiger partial charge in [0.1, 0.15) is 0 Å². The van der Waals surface area contributed by atoms with Crippen LogP contribution in [0.4, 0.5) is 0 Å². The second-order valence-electron chi connectivity index (χ2n) is 4.48. The molecule has 2 unspecified atom stereocenters. The van der Waals surface area contributed by atoms with Crippen LogP contribution in [0.2, 0.25) is 5.02 Å². The first-order valence-electron chi connectivity index (χ1n) is 6.39. The van der Waals surface area contributed by atoms with E-state index >= 15 is 0 Å². The fourth-order valence-corrected chi connectivity index (χ4v) is 3.56. The van der Waals surface area contributed by atoms with Crippen LogP contribution in [-0.2, 0) is 0 Å². The lowest BCUT2D eigenvalue weighted by Crippen LogP contribution is -2.25. The summed E-state index contributed by atoms with van der Waals surface area (Å²) in [6.07, 6.45) is 2.58. The van der Waals surface area contributed by atoms with Gasteiger partial charge in [-0.25, -0.2) is 4.98 Å². The molecule has 2 aromatic rings. The van der Waals surface area contributed by atoms with Gasteiger partial charge < -0.3 is 5.73 Å². The molecule has 1 aromatic carbocycles. The third-order valence-electron chi connectivity index (χ3n) is 2.99. The van der Waals surface area contributed by atoms with Crippen molar-refractivity contribution in [3.05, 3.63) is 57.7 Å². The Labute approximate surface area is 137 Å². The van der Waals surface area contributed by atoms with Crippen LogP contribution in [0.3, 0.4) is 0 Å². The summed E-state index contributed by atoms with van der Waals surface area (Å²) in [6.45, 7) is 2.10. The molecule has 0 bridgehead atoms. The maximum atomic E-state index is 6.29. The molecule has 0 aliphatic carbocycles. The second kappa shape index (κ2) is 7.46. The Morgan fingerprint density at radius 1 is 1.35 bits per heavy atom. The standard InChI is InChI=1S/C15H16BrClN2S/c1-2-13(18)15(10-4-3-5-11(16)8-10)20-14-7-6-12(17)9-19-14/h3-9,13,15H,2,18H2,1H3. The molecule has 2 nitrogen and oxygen atoms in total. The molecule has 1 heterocycles. The lowest BCUT2D eigenvalue weighted by molar-refractivity contribution is 0.633. The molecular formula is C15H16BrClN2S. The number of nitrogens with two attached hydrogens (primary N) is 1. The van der Waals surface area contributed by atoms with Crippen molar-refractivity contribution in [3.8, 4) is 0 Å². The van der Waals surface area contributed by atoms with Crippen LogP contribution in [0, 0.1) is 0 Å². The Bertz CT molecular complexity index is 562. The average molecular weight is 372 g/mol. The summed E-state index contributed by atoms with van der Waals surface area (Å²) in [7, 11) is 0. The highest BCUT2D eigenvalue weighted by Crippen LogP contribution is 2.38. The minimum absolute atomic E-state index is 0.0757. The predicted octanol–water partition coefficient (Wildman–Crippen LogP) is 5.07. The molecule has 0 aliphatic heterocycles. The Morgan fingerprint density at radius 3 is 2.75 bits per heavy atom. The second-order valence-corrected chi connectivity index (χ2v) is 6.99. The molecule has 20 heavy (non-hydrogen) atoms. The lowest BCUT2D eigenvalue weighted by atomic mass is 10.0. The number of aromatic nitrogens is 1. The zero-order chi connectivity index (χ0) is 14.5. The van der Waals surface area contributed by atoms with Crippen molar-refractivity contribution in [1.29, 1.82) is 0 Å². The summed E-state index contributed by atoms with van der Waals surface area (Å²) < 4.78 is 1.06. The number of benzene rings is 1. The van der Waals surface area contributed by atoms with Crippen molar-refractivity contribution in [2.45, 2.75) is 29.7 Å². The largest absolute Gasteiger partial charge is 0.326 e. The quantitative estimate of drug-likeness (QED) is 0.746. The number of hydrogen-bond donors (Lipinski definition) is 1. The molecule has 0 amide bonds. The maximum Gasteiger partial charge on any atom is 0.0967 e. The van der Waals surface area contributed by atoms with Gasteiger partial charge in [0, 0.05) is 16.7 Å². The minimum Gasteiger partial charge on any atom is -0.326 e. The van der Waals surface area contributed by atoms with Gasteiger partial charge in [0.15, 0.2) is 0 Å². The summed E-state index contributed by atoms with van der Waals surface area (Å²) >= 11 is 11.1. The zero-order valence-corrected chi connectivity index (χ0v) is 14.3. The van der Waals surface area contributed by atoms with E-state index < -0.39 is 0 Å². The van der Waals surface area contributed by atoms with E-state index in [9.17, 15) is 0 Å². The molecule has 1 aromatic heterocycles. The molecule has 2 rings (SSSR count). The Balaban J connectivity index is 2.26. The van der Waals surface area contributed by atoms with Crippen molar-refractivity contribution in [1.82, 2.24) is 4.98 Å². The summed E-state index contributed by atoms with van der Waals surface area (Å²) in [5.74, 6) is 0. The molecule has 0 saturated carbocycles. The highest BCUT2D eigenvalue weighted by Gasteiger charge is 2.20. The van der Waals surface area contributed by atoms with Crippen LogP contribution < -0.4 is 5.73 Å². The average Bonchev–Trinajstić information content (AvgIpc) is 2.46. The van der Waals surface area contributed by atoms with Gasteiger partial charge in [-0.1, -0.05) is 58.3 Å². The van der Waals surface area contributed by atoms with Gasteiger partial charge in [0.05, 0.1) is 15.3 Å². The third kappa shape index (κ3) is 4.22. The van der Waals surface area contributed by atoms with Crippen LogP contribution >= 0.6 is 39.3 Å². The van der Waals surface area contributed by atoms with Crippen molar-refractivity contribution >= 4 is 39.3 Å². The van der Waals surface area contributed by atoms with Crippen LogP contribution in [-0.4, -0.2) is 11.0 Å². The number of pyridine rings is 1. The van der Waals surface area contributed by atoms with Crippen LogP contribution in [0.15, 0.2) is 52.1 Å². The van der Waals surface area contributed by atoms with E-state index in [-0.39, 0.29) is 11.3 Å². The number of thioether (sulfide) groups is 1. The zero-order valence-electron chi connectivity index (χ0n) is 11.1. The molecule has 0 spiro atoms. The molecule has 2 atom stereocenters. The van der Waals surface area contributed by atoms with Crippen LogP contribution in [0.25, 0.3) is 0 Å². The van der Waals surface area contributed by atoms with E-state index in [1.165, 1.54) is 5.56 Å². The molecular weight excluding hydrogens is 356 g/mol. The van der Waals surface area contributed by atoms with E-state index in [1.807, 2.05) is 24.3 Å². The third-order valence-corrected chi connectivity index (χ3v) is 5.06. The topological polar surface area (TPSA) is 38.9 Å². The first-order valence-corrected chi connectivity index (χ1v) is 8.44. The summed E-state index contributed by atoms with van der Waals surface area (Å²) in [6, 6.07) is 12.1. The highest BCUT2D eigenvalue weighted by atomic mass is 79.9. The van der Waals surface area contributed by atoms with Crippen molar-refractivity contribution in [2.75, 3.05) is 0 Å². The number of halogens is 2. The molecule has 0 aliphatic rings. The molecule has 5 heteroatoms. The van der Waals surface area contributed by atoms with Crippen LogP contribution in [0.5, 0.6) is 0 Å². The molecule has 0 saturated heterocycles. The molecule has 0 radical (unpaired) electrons. The highest BCUT2D eigenvalue weighted by molar-refractivity contribution is 9.10. The van der Waals surface area contributed by atoms with Crippen molar-refractivity contribution in [2.24, 2.45) is 5.73 Å². The van der Waals surface area contributed by atoms with Crippen LogP contribution in [0.1, 0.15) is 24.2 Å². The van der Waals surface area contributed by atoms with E-state index in [0.29, 0.717) is 5.02 Å². The summed E-state index contributed by atoms with van der Waals surface area (Å²) in [5, 5.41) is 1.75. The van der Waals surface area contributed by atoms with Gasteiger partial charge in [-0.2, -0.15) is 0 Å². The Kier molecular flexibility index (Phi) is 5.90. The van der Waals surface area contributed by atoms with Crippen molar-refractivity contribution in [3.63, 3.8) is 0 Å². The van der Waals surface area contributed by atoms with Gasteiger partial charge in [-0.05, 0) is 36.2 Å². The maximum absolute atomic E-state index is 6.29. The van der Waals surface area contributed by atoms with Gasteiger partial charge >= 0.3 is 0 Å². The smallest absolute Gasteiger partial charge is 0.0967 e. The SMILES string of the molecule is CCC(N)C(Sc1ccc(Cl)cn1)c1cccc(Br)c1. The normalized spacial score (nSPS) is 14.0. The Hall–Kier alpha value is -0.550. The lowest BCUT2D eigenvalue weighted by Gasteiger charge is -2.22. The Morgan fingerprint density at radius 2 is 2.15 bits per heavy atom. The molecule has 2 N–H and O–H groups in total. The summed E-state index contributed by atoms with van der Waals surface area (Å²) in [4.78, 5) is 4.35. The van der Waals surface area contributed by atoms with Crippen molar-refractivity contribution < 1.29 is 0 Å². The number of rotatable bonds is 5. The van der Waals surface area contributed by atoms with E-state index in [0.717, 1.165) is 15.9 Å². The first-order chi connectivity index (χ1) is 9.60. The fraction of sp³-hybridized carbons (Fsp3) is 0.267. The van der Waals surface area contributed by atoms with Gasteiger partial charge in [-0.3, -0.25) is 0 Å². The van der Waals surface area contributed by atoms with Gasteiger partial charge in [0.25, 0.3) is 0 Å². The molecule has 106 valence electrons. The van der Waals surface area contributed by atoms with Gasteiger partial charge in [0.2, 0.25) is 0 Å². The minimum atomic E-state index is 0.0757. The number of hydrogen-bond acceptors (Lipinski definition) is 3. The summed E-state index contributed by atoms with van der Waals surface area (Å²) in [5.41, 5.74) is 7.49. The fourth-order valence-electron chi connectivity index (χ4n) is 1.86. The molecule has 0 fully saturated rings. The van der Waals surface area contributed by atoms with Gasteiger partial charge in [-0.15, -0.1) is 0 Å². The monoisotopic (exact) mass is 370 g/mol. The van der Waals surface area contributed by atoms with E-state index in [1.54, 1.807) is 18.0 Å². The van der Waals surface area contributed by atoms with E-state index in [4.69, 9.17) is 17.3 Å². The van der Waals surface area contributed by atoms with E-state index in [2.05, 4.69) is 40.0 Å². The predicted molar refractivity (Wildman–Crippen MR) is 90.3 cm³/mol. The number of nitrogens with zero attached hydrogens (tertiary/aromatic N) is 1. The first kappa shape index (κ1) is 15.8.